The van der Waals surface area contributed by atoms with Crippen LogP contribution in [0.25, 0.3) is 0 Å². The van der Waals surface area contributed by atoms with E-state index >= 15 is 0 Å². The summed E-state index contributed by atoms with van der Waals surface area (Å²) < 4.78 is 0. The van der Waals surface area contributed by atoms with Gasteiger partial charge in [-0.3, -0.25) is 0 Å². The van der Waals surface area contributed by atoms with E-state index in [9.17, 15) is 10.2 Å². The molecule has 2 aromatic rings. The summed E-state index contributed by atoms with van der Waals surface area (Å²) in [5.41, 5.74) is 1.98. The predicted octanol–water partition coefficient (Wildman–Crippen LogP) is 3.67. The summed E-state index contributed by atoms with van der Waals surface area (Å²) in [6.45, 7) is 2.64. The highest BCUT2D eigenvalue weighted by atomic mass is 32.2. The van der Waals surface area contributed by atoms with E-state index < -0.39 is 0 Å². The third kappa shape index (κ3) is 3.68. The Balaban J connectivity index is 1.98. The van der Waals surface area contributed by atoms with Crippen LogP contribution in [0, 0.1) is 0 Å². The van der Waals surface area contributed by atoms with Crippen molar-refractivity contribution in [3.05, 3.63) is 53.6 Å². The van der Waals surface area contributed by atoms with Crippen molar-refractivity contribution in [3.63, 3.8) is 0 Å². The lowest BCUT2D eigenvalue weighted by molar-refractivity contribution is 0.441. The maximum atomic E-state index is 9.74. The molecule has 0 amide bonds. The largest absolute Gasteiger partial charge is 0.508 e. The number of aromatic hydroxyl groups is 2. The monoisotopic (exact) mass is 289 g/mol. The Bertz CT molecular complexity index is 569. The molecule has 0 aliphatic carbocycles. The first-order chi connectivity index (χ1) is 9.60. The Labute approximate surface area is 123 Å². The minimum Gasteiger partial charge on any atom is -0.508 e. The number of thioether (sulfide) groups is 1. The van der Waals surface area contributed by atoms with Crippen molar-refractivity contribution >= 4 is 11.8 Å². The summed E-state index contributed by atoms with van der Waals surface area (Å²) in [4.78, 5) is 1.25. The van der Waals surface area contributed by atoms with Gasteiger partial charge in [0.25, 0.3) is 0 Å². The molecular weight excluding hydrogens is 270 g/mol. The van der Waals surface area contributed by atoms with E-state index in [4.69, 9.17) is 0 Å². The maximum Gasteiger partial charge on any atom is 0.123 e. The summed E-state index contributed by atoms with van der Waals surface area (Å²) in [7, 11) is 0. The molecule has 0 spiro atoms. The molecular formula is C16H19NO2S. The average Bonchev–Trinajstić information content (AvgIpc) is 2.46. The fraction of sp³-hybridized carbons (Fsp3) is 0.250. The van der Waals surface area contributed by atoms with Crippen LogP contribution in [-0.2, 0) is 6.54 Å². The Morgan fingerprint density at radius 1 is 1.10 bits per heavy atom. The first-order valence-corrected chi connectivity index (χ1v) is 7.71. The van der Waals surface area contributed by atoms with Crippen molar-refractivity contribution in [1.82, 2.24) is 5.32 Å². The zero-order valence-electron chi connectivity index (χ0n) is 11.6. The zero-order valence-corrected chi connectivity index (χ0v) is 12.4. The number of nitrogens with one attached hydrogen (secondary N) is 1. The molecule has 0 heterocycles. The average molecular weight is 289 g/mol. The van der Waals surface area contributed by atoms with Gasteiger partial charge in [-0.15, -0.1) is 11.8 Å². The number of phenols is 2. The van der Waals surface area contributed by atoms with Crippen LogP contribution in [0.5, 0.6) is 11.5 Å². The third-order valence-electron chi connectivity index (χ3n) is 3.28. The van der Waals surface area contributed by atoms with Crippen LogP contribution in [0.1, 0.15) is 24.1 Å². The lowest BCUT2D eigenvalue weighted by atomic mass is 10.1. The van der Waals surface area contributed by atoms with Gasteiger partial charge in [0.05, 0.1) is 0 Å². The van der Waals surface area contributed by atoms with Gasteiger partial charge in [0.2, 0.25) is 0 Å². The van der Waals surface area contributed by atoms with Gasteiger partial charge in [-0.05, 0) is 36.9 Å². The molecule has 0 saturated carbocycles. The number of rotatable bonds is 5. The van der Waals surface area contributed by atoms with Gasteiger partial charge in [-0.1, -0.05) is 18.2 Å². The van der Waals surface area contributed by atoms with Crippen molar-refractivity contribution in [1.29, 1.82) is 0 Å². The van der Waals surface area contributed by atoms with Gasteiger partial charge in [-0.25, -0.2) is 0 Å². The van der Waals surface area contributed by atoms with E-state index in [2.05, 4.69) is 42.8 Å². The van der Waals surface area contributed by atoms with Crippen molar-refractivity contribution in [3.8, 4) is 11.5 Å². The molecule has 1 unspecified atom stereocenters. The Kier molecular flexibility index (Phi) is 4.93. The van der Waals surface area contributed by atoms with E-state index in [0.29, 0.717) is 6.54 Å². The Morgan fingerprint density at radius 2 is 1.80 bits per heavy atom. The van der Waals surface area contributed by atoms with Gasteiger partial charge in [0.15, 0.2) is 0 Å². The lowest BCUT2D eigenvalue weighted by Crippen LogP contribution is -2.18. The van der Waals surface area contributed by atoms with E-state index in [1.54, 1.807) is 23.9 Å². The molecule has 0 aliphatic rings. The van der Waals surface area contributed by atoms with Gasteiger partial charge in [0.1, 0.15) is 11.5 Å². The molecule has 0 aromatic heterocycles. The molecule has 0 bridgehead atoms. The summed E-state index contributed by atoms with van der Waals surface area (Å²) >= 11 is 1.73. The molecule has 4 heteroatoms. The molecule has 3 N–H and O–H groups in total. The Morgan fingerprint density at radius 3 is 2.40 bits per heavy atom. The minimum atomic E-state index is 0.0759. The van der Waals surface area contributed by atoms with Gasteiger partial charge in [0, 0.05) is 29.1 Å². The molecule has 2 aromatic carbocycles. The summed E-state index contributed by atoms with van der Waals surface area (Å²) in [5.74, 6) is 0.189. The Hall–Kier alpha value is -1.65. The first kappa shape index (κ1) is 14.8. The second-order valence-electron chi connectivity index (χ2n) is 4.69. The molecule has 2 rings (SSSR count). The molecule has 106 valence electrons. The highest BCUT2D eigenvalue weighted by Gasteiger charge is 2.07. The fourth-order valence-electron chi connectivity index (χ4n) is 1.98. The number of hydrogen-bond acceptors (Lipinski definition) is 4. The van der Waals surface area contributed by atoms with Gasteiger partial charge in [-0.2, -0.15) is 0 Å². The van der Waals surface area contributed by atoms with Crippen LogP contribution in [-0.4, -0.2) is 16.5 Å². The van der Waals surface area contributed by atoms with Crippen LogP contribution in [0.4, 0.5) is 0 Å². The van der Waals surface area contributed by atoms with Crippen LogP contribution in [0.2, 0.25) is 0 Å². The molecule has 0 fully saturated rings. The number of benzene rings is 2. The van der Waals surface area contributed by atoms with Crippen molar-refractivity contribution in [2.45, 2.75) is 24.4 Å². The molecule has 3 nitrogen and oxygen atoms in total. The van der Waals surface area contributed by atoms with Crippen LogP contribution >= 0.6 is 11.8 Å². The SMILES string of the molecule is CSc1ccc(C(C)NCc2ccc(O)cc2O)cc1. The second kappa shape index (κ2) is 6.68. The molecule has 0 saturated heterocycles. The zero-order chi connectivity index (χ0) is 14.5. The van der Waals surface area contributed by atoms with E-state index in [0.717, 1.165) is 5.56 Å². The first-order valence-electron chi connectivity index (χ1n) is 6.48. The highest BCUT2D eigenvalue weighted by molar-refractivity contribution is 7.98. The van der Waals surface area contributed by atoms with Crippen LogP contribution < -0.4 is 5.32 Å². The van der Waals surface area contributed by atoms with Crippen LogP contribution in [0.15, 0.2) is 47.4 Å². The topological polar surface area (TPSA) is 52.5 Å². The van der Waals surface area contributed by atoms with E-state index in [1.165, 1.54) is 16.5 Å². The van der Waals surface area contributed by atoms with Crippen molar-refractivity contribution in [2.75, 3.05) is 6.26 Å². The molecule has 0 aliphatic heterocycles. The summed E-state index contributed by atoms with van der Waals surface area (Å²) in [6.07, 6.45) is 2.06. The summed E-state index contributed by atoms with van der Waals surface area (Å²) in [5, 5.41) is 22.4. The lowest BCUT2D eigenvalue weighted by Gasteiger charge is -2.15. The van der Waals surface area contributed by atoms with Crippen LogP contribution in [0.3, 0.4) is 0 Å². The molecule has 0 radical (unpaired) electrons. The number of hydrogen-bond donors (Lipinski definition) is 3. The van der Waals surface area contributed by atoms with E-state index in [1.807, 2.05) is 0 Å². The maximum absolute atomic E-state index is 9.74. The number of phenolic OH excluding ortho intramolecular Hbond substituents is 2. The molecule has 20 heavy (non-hydrogen) atoms. The highest BCUT2D eigenvalue weighted by Crippen LogP contribution is 2.24. The van der Waals surface area contributed by atoms with Crippen molar-refractivity contribution < 1.29 is 10.2 Å². The smallest absolute Gasteiger partial charge is 0.123 e. The molecule has 1 atom stereocenters. The van der Waals surface area contributed by atoms with E-state index in [-0.39, 0.29) is 17.5 Å². The normalized spacial score (nSPS) is 12.3. The van der Waals surface area contributed by atoms with Gasteiger partial charge >= 0.3 is 0 Å². The van der Waals surface area contributed by atoms with Gasteiger partial charge < -0.3 is 15.5 Å². The second-order valence-corrected chi connectivity index (χ2v) is 5.57. The third-order valence-corrected chi connectivity index (χ3v) is 4.03. The van der Waals surface area contributed by atoms with Crippen molar-refractivity contribution in [2.24, 2.45) is 0 Å². The quantitative estimate of drug-likeness (QED) is 0.735. The fourth-order valence-corrected chi connectivity index (χ4v) is 2.38. The predicted molar refractivity (Wildman–Crippen MR) is 83.2 cm³/mol. The standard InChI is InChI=1S/C16H19NO2S/c1-11(12-4-7-15(20-2)8-5-12)17-10-13-3-6-14(18)9-16(13)19/h3-9,11,17-19H,10H2,1-2H3. The minimum absolute atomic E-state index is 0.0759. The summed E-state index contributed by atoms with van der Waals surface area (Å²) in [6, 6.07) is 13.3.